The van der Waals surface area contributed by atoms with Crippen molar-refractivity contribution in [2.45, 2.75) is 58.6 Å². The molecule has 0 aliphatic carbocycles. The number of amides is 1. The number of fused-ring (bicyclic) bond motifs is 5. The van der Waals surface area contributed by atoms with Gasteiger partial charge in [-0.2, -0.15) is 0 Å². The van der Waals surface area contributed by atoms with Gasteiger partial charge in [0.15, 0.2) is 11.5 Å². The third-order valence-corrected chi connectivity index (χ3v) is 6.36. The topological polar surface area (TPSA) is 85.9 Å². The van der Waals surface area contributed by atoms with Crippen molar-refractivity contribution in [2.75, 3.05) is 19.0 Å². The first kappa shape index (κ1) is 25.4. The van der Waals surface area contributed by atoms with Crippen molar-refractivity contribution in [3.8, 4) is 28.4 Å². The van der Waals surface area contributed by atoms with Crippen molar-refractivity contribution in [2.24, 2.45) is 0 Å². The summed E-state index contributed by atoms with van der Waals surface area (Å²) in [5.74, 6) is 0.936. The number of rotatable bonds is 8. The van der Waals surface area contributed by atoms with Gasteiger partial charge in [0.1, 0.15) is 11.9 Å². The molecule has 2 aliphatic rings. The number of benzene rings is 2. The molecule has 0 saturated carbocycles. The number of hydrogen-bond acceptors (Lipinski definition) is 6. The Balaban J connectivity index is 1.75. The van der Waals surface area contributed by atoms with Gasteiger partial charge in [-0.15, -0.1) is 6.58 Å². The van der Waals surface area contributed by atoms with Gasteiger partial charge in [-0.3, -0.25) is 9.59 Å². The molecule has 0 fully saturated rings. The number of esters is 1. The first-order chi connectivity index (χ1) is 17.1. The smallest absolute Gasteiger partial charge is 0.311 e. The highest BCUT2D eigenvalue weighted by Gasteiger charge is 2.35. The molecule has 2 aromatic rings. The number of carbonyl (C=O) groups is 2. The lowest BCUT2D eigenvalue weighted by molar-refractivity contribution is -0.134. The number of ether oxygens (including phenoxy) is 3. The fourth-order valence-electron chi connectivity index (χ4n) is 5.08. The third kappa shape index (κ3) is 4.96. The summed E-state index contributed by atoms with van der Waals surface area (Å²) in [7, 11) is 1.56. The van der Waals surface area contributed by atoms with Crippen LogP contribution >= 0.6 is 0 Å². The third-order valence-electron chi connectivity index (χ3n) is 6.36. The van der Waals surface area contributed by atoms with Crippen LogP contribution in [-0.2, 0) is 9.59 Å². The van der Waals surface area contributed by atoms with E-state index >= 15 is 0 Å². The Morgan fingerprint density at radius 3 is 2.69 bits per heavy atom. The monoisotopic (exact) mass is 490 g/mol. The fraction of sp³-hybridized carbons (Fsp3) is 0.379. The van der Waals surface area contributed by atoms with Gasteiger partial charge in [0.25, 0.3) is 0 Å². The molecule has 0 spiro atoms. The first-order valence-electron chi connectivity index (χ1n) is 12.2. The molecule has 0 saturated heterocycles. The van der Waals surface area contributed by atoms with Crippen LogP contribution in [0.5, 0.6) is 17.2 Å². The van der Waals surface area contributed by atoms with Crippen LogP contribution in [0.15, 0.2) is 43.0 Å². The average Bonchev–Trinajstić information content (AvgIpc) is 2.80. The highest BCUT2D eigenvalue weighted by Crippen LogP contribution is 2.54. The summed E-state index contributed by atoms with van der Waals surface area (Å²) in [6.45, 7) is 12.2. The van der Waals surface area contributed by atoms with Crippen molar-refractivity contribution in [1.82, 2.24) is 5.32 Å². The number of nitrogens with one attached hydrogen (secondary N) is 2. The molecule has 1 amide bonds. The van der Waals surface area contributed by atoms with Crippen LogP contribution in [0.2, 0.25) is 0 Å². The molecule has 1 unspecified atom stereocenters. The van der Waals surface area contributed by atoms with Crippen LogP contribution in [0, 0.1) is 0 Å². The molecule has 0 aromatic heterocycles. The predicted molar refractivity (Wildman–Crippen MR) is 142 cm³/mol. The Morgan fingerprint density at radius 1 is 1.22 bits per heavy atom. The van der Waals surface area contributed by atoms with E-state index in [1.807, 2.05) is 12.1 Å². The number of allylic oxidation sites excluding steroid dienone is 1. The Hall–Kier alpha value is -3.74. The summed E-state index contributed by atoms with van der Waals surface area (Å²) in [6, 6.07) is 7.69. The molecular weight excluding hydrogens is 456 g/mol. The second kappa shape index (κ2) is 10.1. The number of carbonyl (C=O) groups excluding carboxylic acids is 2. The number of hydrogen-bond donors (Lipinski definition) is 2. The summed E-state index contributed by atoms with van der Waals surface area (Å²) in [5, 5.41) is 6.30. The Labute approximate surface area is 212 Å². The largest absolute Gasteiger partial charge is 0.492 e. The van der Waals surface area contributed by atoms with E-state index in [-0.39, 0.29) is 24.0 Å². The van der Waals surface area contributed by atoms with Crippen molar-refractivity contribution in [3.63, 3.8) is 0 Å². The Kier molecular flexibility index (Phi) is 7.11. The van der Waals surface area contributed by atoms with E-state index in [1.54, 1.807) is 13.2 Å². The van der Waals surface area contributed by atoms with Gasteiger partial charge in [0.2, 0.25) is 5.91 Å². The summed E-state index contributed by atoms with van der Waals surface area (Å²) in [6.07, 6.45) is 5.19. The van der Waals surface area contributed by atoms with Gasteiger partial charge in [-0.25, -0.2) is 0 Å². The van der Waals surface area contributed by atoms with E-state index in [0.29, 0.717) is 36.6 Å². The predicted octanol–water partition coefficient (Wildman–Crippen LogP) is 5.80. The molecular formula is C29H34N2O5. The quantitative estimate of drug-likeness (QED) is 0.211. The SMILES string of the molecule is C=CCC1Oc2ccc(OC(=O)CCCNC(C)=O)c(OC)c2-c2ccc3c(c21)C(C)=CC(C)(C)N3. The van der Waals surface area contributed by atoms with E-state index in [0.717, 1.165) is 27.9 Å². The van der Waals surface area contributed by atoms with Gasteiger partial charge in [0, 0.05) is 43.1 Å². The summed E-state index contributed by atoms with van der Waals surface area (Å²) >= 11 is 0. The van der Waals surface area contributed by atoms with Crippen molar-refractivity contribution >= 4 is 23.1 Å². The molecule has 1 atom stereocenters. The van der Waals surface area contributed by atoms with Gasteiger partial charge in [-0.1, -0.05) is 18.2 Å². The lowest BCUT2D eigenvalue weighted by atomic mass is 9.81. The summed E-state index contributed by atoms with van der Waals surface area (Å²) in [4.78, 5) is 23.6. The Morgan fingerprint density at radius 2 is 2.00 bits per heavy atom. The van der Waals surface area contributed by atoms with Crippen LogP contribution in [-0.4, -0.2) is 31.1 Å². The van der Waals surface area contributed by atoms with Gasteiger partial charge >= 0.3 is 5.97 Å². The van der Waals surface area contributed by atoms with E-state index in [1.165, 1.54) is 12.5 Å². The standard InChI is InChI=1S/C29H34N2O5/c1-7-9-21-26-19(11-12-20-25(26)17(2)16-29(4,5)31-20)27-22(35-21)13-14-23(28(27)34-6)36-24(33)10-8-15-30-18(3)32/h7,11-14,16,21,31H,1,8-10,15H2,2-6H3,(H,30,32). The van der Waals surface area contributed by atoms with Gasteiger partial charge in [0.05, 0.1) is 18.2 Å². The molecule has 0 bridgehead atoms. The van der Waals surface area contributed by atoms with Crippen LogP contribution in [0.4, 0.5) is 5.69 Å². The second-order valence-corrected chi connectivity index (χ2v) is 9.78. The molecule has 0 radical (unpaired) electrons. The van der Waals surface area contributed by atoms with E-state index < -0.39 is 5.97 Å². The first-order valence-corrected chi connectivity index (χ1v) is 12.2. The van der Waals surface area contributed by atoms with E-state index in [2.05, 4.69) is 56.2 Å². The number of methoxy groups -OCH3 is 1. The minimum atomic E-state index is -0.393. The zero-order chi connectivity index (χ0) is 26.0. The minimum Gasteiger partial charge on any atom is -0.492 e. The maximum Gasteiger partial charge on any atom is 0.311 e. The molecule has 4 rings (SSSR count). The van der Waals surface area contributed by atoms with Crippen LogP contribution in [0.25, 0.3) is 16.7 Å². The molecule has 2 heterocycles. The van der Waals surface area contributed by atoms with Crippen LogP contribution < -0.4 is 24.8 Å². The summed E-state index contributed by atoms with van der Waals surface area (Å²) in [5.41, 5.74) is 5.99. The van der Waals surface area contributed by atoms with Crippen LogP contribution in [0.1, 0.15) is 64.2 Å². The summed E-state index contributed by atoms with van der Waals surface area (Å²) < 4.78 is 18.0. The average molecular weight is 491 g/mol. The van der Waals surface area contributed by atoms with Crippen molar-refractivity contribution in [1.29, 1.82) is 0 Å². The molecule has 190 valence electrons. The lowest BCUT2D eigenvalue weighted by Gasteiger charge is -2.37. The fourth-order valence-corrected chi connectivity index (χ4v) is 5.08. The van der Waals surface area contributed by atoms with Gasteiger partial charge in [-0.05, 0) is 56.5 Å². The van der Waals surface area contributed by atoms with Gasteiger partial charge < -0.3 is 24.8 Å². The lowest BCUT2D eigenvalue weighted by Crippen LogP contribution is -2.32. The molecule has 36 heavy (non-hydrogen) atoms. The number of anilines is 1. The van der Waals surface area contributed by atoms with Crippen molar-refractivity contribution in [3.05, 3.63) is 54.1 Å². The molecule has 2 aliphatic heterocycles. The second-order valence-electron chi connectivity index (χ2n) is 9.78. The zero-order valence-corrected chi connectivity index (χ0v) is 21.6. The maximum atomic E-state index is 12.5. The molecule has 7 nitrogen and oxygen atoms in total. The Bertz CT molecular complexity index is 1240. The van der Waals surface area contributed by atoms with E-state index in [4.69, 9.17) is 14.2 Å². The molecule has 7 heteroatoms. The molecule has 2 aromatic carbocycles. The van der Waals surface area contributed by atoms with Crippen LogP contribution in [0.3, 0.4) is 0 Å². The normalized spacial score (nSPS) is 16.7. The highest BCUT2D eigenvalue weighted by atomic mass is 16.6. The highest BCUT2D eigenvalue weighted by molar-refractivity contribution is 5.92. The maximum absolute atomic E-state index is 12.5. The zero-order valence-electron chi connectivity index (χ0n) is 21.6. The minimum absolute atomic E-state index is 0.126. The van der Waals surface area contributed by atoms with E-state index in [9.17, 15) is 9.59 Å². The molecule has 2 N–H and O–H groups in total. The van der Waals surface area contributed by atoms with Crippen molar-refractivity contribution < 1.29 is 23.8 Å².